The van der Waals surface area contributed by atoms with Crippen LogP contribution >= 0.6 is 0 Å². The van der Waals surface area contributed by atoms with Gasteiger partial charge in [-0.25, -0.2) is 0 Å². The number of hydrogen-bond acceptors (Lipinski definition) is 3. The van der Waals surface area contributed by atoms with Gasteiger partial charge in [0.25, 0.3) is 5.69 Å². The zero-order valence-electron chi connectivity index (χ0n) is 8.56. The molecule has 0 saturated heterocycles. The molecule has 1 rings (SSSR count). The quantitative estimate of drug-likeness (QED) is 0.341. The molecule has 0 fully saturated rings. The summed E-state index contributed by atoms with van der Waals surface area (Å²) in [5, 5.41) is 10.4. The van der Waals surface area contributed by atoms with E-state index in [1.807, 2.05) is 13.1 Å². The number of hydrogen-bond donors (Lipinski definition) is 0. The van der Waals surface area contributed by atoms with E-state index in [1.54, 1.807) is 12.1 Å². The van der Waals surface area contributed by atoms with Crippen molar-refractivity contribution in [3.05, 3.63) is 34.4 Å². The first kappa shape index (κ1) is 11.3. The second kappa shape index (κ2) is 4.15. The fourth-order valence-electron chi connectivity index (χ4n) is 0.960. The number of rotatable bonds is 3. The lowest BCUT2D eigenvalue weighted by Crippen LogP contribution is -2.32. The van der Waals surface area contributed by atoms with Gasteiger partial charge < -0.3 is 4.43 Å². The normalized spacial score (nSPS) is 10.5. The number of benzene rings is 1. The summed E-state index contributed by atoms with van der Waals surface area (Å²) in [6.45, 7) is 3.77. The summed E-state index contributed by atoms with van der Waals surface area (Å²) in [4.78, 5) is 9.94. The summed E-state index contributed by atoms with van der Waals surface area (Å²) < 4.78 is 5.57. The number of nitro benzene ring substituents is 1. The summed E-state index contributed by atoms with van der Waals surface area (Å²) in [7, 11) is -2.10. The van der Waals surface area contributed by atoms with E-state index in [4.69, 9.17) is 10.8 Å². The minimum Gasteiger partial charge on any atom is -0.532 e. The van der Waals surface area contributed by atoms with Crippen molar-refractivity contribution in [3.8, 4) is 17.7 Å². The summed E-state index contributed by atoms with van der Waals surface area (Å²) in [6.07, 6.45) is 5.31. The third-order valence-electron chi connectivity index (χ3n) is 1.77. The summed E-state index contributed by atoms with van der Waals surface area (Å²) >= 11 is 0. The molecule has 0 spiro atoms. The summed E-state index contributed by atoms with van der Waals surface area (Å²) in [5.41, 5.74) is 2.65. The van der Waals surface area contributed by atoms with Crippen LogP contribution in [0.25, 0.3) is 0 Å². The first-order chi connectivity index (χ1) is 6.94. The Balaban J connectivity index is 2.83. The maximum Gasteiger partial charge on any atom is 0.323 e. The molecule has 1 aromatic carbocycles. The molecule has 0 aliphatic heterocycles. The Hall–Kier alpha value is -1.80. The lowest BCUT2D eigenvalue weighted by Gasteiger charge is -2.17. The molecule has 0 atom stereocenters. The minimum absolute atomic E-state index is 0.0440. The Morgan fingerprint density at radius 3 is 2.33 bits per heavy atom. The molecule has 1 aromatic rings. The van der Waals surface area contributed by atoms with E-state index in [9.17, 15) is 10.1 Å². The Morgan fingerprint density at radius 2 is 1.93 bits per heavy atom. The molecule has 0 aromatic heterocycles. The van der Waals surface area contributed by atoms with E-state index in [0.29, 0.717) is 5.75 Å². The highest BCUT2D eigenvalue weighted by Gasteiger charge is 2.21. The predicted molar refractivity (Wildman–Crippen MR) is 60.0 cm³/mol. The Labute approximate surface area is 89.2 Å². The number of terminal acetylenes is 1. The van der Waals surface area contributed by atoms with E-state index in [1.165, 1.54) is 12.1 Å². The number of nitro groups is 1. The van der Waals surface area contributed by atoms with Crippen LogP contribution in [0.4, 0.5) is 5.69 Å². The molecule has 0 aliphatic rings. The number of non-ortho nitro benzene ring substituents is 1. The second-order valence-corrected chi connectivity index (χ2v) is 7.02. The van der Waals surface area contributed by atoms with Gasteiger partial charge in [0.15, 0.2) is 0 Å². The molecule has 0 amide bonds. The molecule has 4 nitrogen and oxygen atoms in total. The van der Waals surface area contributed by atoms with Crippen LogP contribution < -0.4 is 4.43 Å². The third kappa shape index (κ3) is 3.11. The molecule has 0 heterocycles. The van der Waals surface area contributed by atoms with Crippen molar-refractivity contribution in [1.82, 2.24) is 0 Å². The van der Waals surface area contributed by atoms with E-state index < -0.39 is 13.2 Å². The SMILES string of the molecule is C#C[Si](C)(C)Oc1ccc([N+](=O)[O-])cc1. The van der Waals surface area contributed by atoms with Gasteiger partial charge in [0, 0.05) is 12.1 Å². The monoisotopic (exact) mass is 221 g/mol. The second-order valence-electron chi connectivity index (χ2n) is 3.51. The van der Waals surface area contributed by atoms with Gasteiger partial charge in [-0.3, -0.25) is 10.1 Å². The van der Waals surface area contributed by atoms with Crippen LogP contribution in [-0.4, -0.2) is 13.2 Å². The Morgan fingerprint density at radius 1 is 1.40 bits per heavy atom. The molecule has 0 radical (unpaired) electrons. The highest BCUT2D eigenvalue weighted by Crippen LogP contribution is 2.19. The van der Waals surface area contributed by atoms with Crippen molar-refractivity contribution in [3.63, 3.8) is 0 Å². The van der Waals surface area contributed by atoms with Crippen LogP contribution in [-0.2, 0) is 0 Å². The van der Waals surface area contributed by atoms with Gasteiger partial charge in [-0.2, -0.15) is 0 Å². The van der Waals surface area contributed by atoms with E-state index in [0.717, 1.165) is 0 Å². The molecule has 15 heavy (non-hydrogen) atoms. The molecule has 0 N–H and O–H groups in total. The molecule has 0 unspecified atom stereocenters. The lowest BCUT2D eigenvalue weighted by atomic mass is 10.3. The topological polar surface area (TPSA) is 52.4 Å². The molecule has 5 heteroatoms. The highest BCUT2D eigenvalue weighted by atomic mass is 28.4. The van der Waals surface area contributed by atoms with E-state index in [-0.39, 0.29) is 5.69 Å². The van der Waals surface area contributed by atoms with Crippen LogP contribution in [0.3, 0.4) is 0 Å². The fraction of sp³-hybridized carbons (Fsp3) is 0.200. The number of nitrogens with zero attached hydrogens (tertiary/aromatic N) is 1. The molecule has 0 saturated carbocycles. The van der Waals surface area contributed by atoms with Crippen LogP contribution in [0.1, 0.15) is 0 Å². The molecule has 0 bridgehead atoms. The van der Waals surface area contributed by atoms with Crippen molar-refractivity contribution in [2.45, 2.75) is 13.1 Å². The average molecular weight is 221 g/mol. The Bertz CT molecular complexity index is 406. The molecular weight excluding hydrogens is 210 g/mol. The van der Waals surface area contributed by atoms with E-state index >= 15 is 0 Å². The van der Waals surface area contributed by atoms with Crippen molar-refractivity contribution < 1.29 is 9.35 Å². The fourth-order valence-corrected chi connectivity index (χ4v) is 1.74. The molecule has 0 aliphatic carbocycles. The lowest BCUT2D eigenvalue weighted by molar-refractivity contribution is -0.384. The van der Waals surface area contributed by atoms with Crippen molar-refractivity contribution in [2.75, 3.05) is 0 Å². The standard InChI is InChI=1S/C10H11NO3Si/c1-4-15(2,3)14-10-7-5-9(6-8-10)11(12)13/h1,5-8H,2-3H3. The van der Waals surface area contributed by atoms with Gasteiger partial charge >= 0.3 is 8.32 Å². The maximum absolute atomic E-state index is 10.4. The van der Waals surface area contributed by atoms with Crippen molar-refractivity contribution in [1.29, 1.82) is 0 Å². The molecule has 78 valence electrons. The zero-order chi connectivity index (χ0) is 11.5. The van der Waals surface area contributed by atoms with Gasteiger partial charge in [-0.1, -0.05) is 5.54 Å². The van der Waals surface area contributed by atoms with Crippen LogP contribution in [0.5, 0.6) is 5.75 Å². The Kier molecular flexibility index (Phi) is 3.12. The summed E-state index contributed by atoms with van der Waals surface area (Å²) in [5.74, 6) is 0.579. The van der Waals surface area contributed by atoms with Crippen LogP contribution in [0.2, 0.25) is 13.1 Å². The van der Waals surface area contributed by atoms with Gasteiger partial charge in [0.2, 0.25) is 0 Å². The van der Waals surface area contributed by atoms with Crippen LogP contribution in [0.15, 0.2) is 24.3 Å². The van der Waals surface area contributed by atoms with Gasteiger partial charge in [-0.05, 0) is 25.2 Å². The van der Waals surface area contributed by atoms with Crippen molar-refractivity contribution >= 4 is 14.0 Å². The summed E-state index contributed by atoms with van der Waals surface area (Å²) in [6, 6.07) is 5.92. The van der Waals surface area contributed by atoms with Gasteiger partial charge in [-0.15, -0.1) is 6.42 Å². The van der Waals surface area contributed by atoms with Crippen molar-refractivity contribution in [2.24, 2.45) is 0 Å². The van der Waals surface area contributed by atoms with E-state index in [2.05, 4.69) is 5.54 Å². The zero-order valence-corrected chi connectivity index (χ0v) is 9.56. The largest absolute Gasteiger partial charge is 0.532 e. The third-order valence-corrected chi connectivity index (χ3v) is 3.21. The maximum atomic E-state index is 10.4. The van der Waals surface area contributed by atoms with Gasteiger partial charge in [0.1, 0.15) is 5.75 Å². The van der Waals surface area contributed by atoms with Gasteiger partial charge in [0.05, 0.1) is 4.92 Å². The highest BCUT2D eigenvalue weighted by molar-refractivity contribution is 6.79. The first-order valence-electron chi connectivity index (χ1n) is 4.36. The average Bonchev–Trinajstić information content (AvgIpc) is 2.18. The minimum atomic E-state index is -2.10. The predicted octanol–water partition coefficient (Wildman–Crippen LogP) is 2.35. The smallest absolute Gasteiger partial charge is 0.323 e. The first-order valence-corrected chi connectivity index (χ1v) is 7.27. The molecular formula is C10H11NO3Si. The van der Waals surface area contributed by atoms with Crippen LogP contribution in [0, 0.1) is 22.1 Å².